The molecule has 3 unspecified atom stereocenters. The molecule has 2 rings (SSSR count). The Balaban J connectivity index is 2.25. The van der Waals surface area contributed by atoms with Gasteiger partial charge in [0.15, 0.2) is 0 Å². The average molecular weight is 187 g/mol. The van der Waals surface area contributed by atoms with E-state index in [-0.39, 0.29) is 0 Å². The van der Waals surface area contributed by atoms with Gasteiger partial charge in [0.2, 0.25) is 0 Å². The summed E-state index contributed by atoms with van der Waals surface area (Å²) in [7, 11) is 0. The van der Waals surface area contributed by atoms with E-state index >= 15 is 0 Å². The smallest absolute Gasteiger partial charge is 0.0383 e. The Labute approximate surface area is 64.5 Å². The van der Waals surface area contributed by atoms with Crippen molar-refractivity contribution < 1.29 is 0 Å². The first-order valence-corrected chi connectivity index (χ1v) is 4.53. The molecule has 2 fully saturated rings. The summed E-state index contributed by atoms with van der Waals surface area (Å²) in [6, 6.07) is 0. The van der Waals surface area contributed by atoms with Crippen LogP contribution in [0, 0.1) is 11.8 Å². The fourth-order valence-corrected chi connectivity index (χ4v) is 3.00. The molecule has 2 bridgehead atoms. The molecule has 0 aromatic heterocycles. The second kappa shape index (κ2) is 1.85. The van der Waals surface area contributed by atoms with E-state index in [2.05, 4.69) is 22.5 Å². The zero-order valence-corrected chi connectivity index (χ0v) is 7.02. The summed E-state index contributed by atoms with van der Waals surface area (Å²) in [6.45, 7) is 4.07. The van der Waals surface area contributed by atoms with Crippen molar-refractivity contribution in [3.05, 3.63) is 12.2 Å². The molecule has 0 nitrogen and oxygen atoms in total. The molecular formula is C8H11Br. The van der Waals surface area contributed by atoms with Gasteiger partial charge in [-0.1, -0.05) is 28.1 Å². The number of hydrogen-bond acceptors (Lipinski definition) is 0. The second-order valence-electron chi connectivity index (χ2n) is 3.25. The molecule has 0 heterocycles. The van der Waals surface area contributed by atoms with E-state index in [0.29, 0.717) is 4.83 Å². The lowest BCUT2D eigenvalue weighted by atomic mass is 9.96. The summed E-state index contributed by atoms with van der Waals surface area (Å²) < 4.78 is 0. The van der Waals surface area contributed by atoms with Gasteiger partial charge in [-0.15, -0.1) is 0 Å². The van der Waals surface area contributed by atoms with Crippen LogP contribution in [0.5, 0.6) is 0 Å². The molecule has 2 aliphatic carbocycles. The third kappa shape index (κ3) is 0.706. The van der Waals surface area contributed by atoms with Gasteiger partial charge in [-0.05, 0) is 31.1 Å². The summed E-state index contributed by atoms with van der Waals surface area (Å²) in [5.41, 5.74) is 1.46. The molecule has 0 radical (unpaired) electrons. The van der Waals surface area contributed by atoms with E-state index < -0.39 is 0 Å². The second-order valence-corrected chi connectivity index (χ2v) is 4.23. The first-order chi connectivity index (χ1) is 4.29. The zero-order valence-electron chi connectivity index (χ0n) is 5.44. The molecule has 2 saturated carbocycles. The Morgan fingerprint density at radius 3 is 2.56 bits per heavy atom. The zero-order chi connectivity index (χ0) is 6.43. The standard InChI is InChI=1S/C8H11Br/c1-5-6-2-3-7(4-6)8(5)9/h6-8H,1-4H2. The van der Waals surface area contributed by atoms with Gasteiger partial charge in [0.1, 0.15) is 0 Å². The molecule has 0 aromatic rings. The van der Waals surface area contributed by atoms with Crippen LogP contribution in [0.2, 0.25) is 0 Å². The van der Waals surface area contributed by atoms with E-state index in [0.717, 1.165) is 11.8 Å². The lowest BCUT2D eigenvalue weighted by Crippen LogP contribution is -2.10. The van der Waals surface area contributed by atoms with Crippen LogP contribution in [0.3, 0.4) is 0 Å². The van der Waals surface area contributed by atoms with Crippen LogP contribution in [0.4, 0.5) is 0 Å². The minimum Gasteiger partial charge on any atom is -0.0984 e. The minimum atomic E-state index is 0.663. The largest absolute Gasteiger partial charge is 0.0984 e. The van der Waals surface area contributed by atoms with Crippen LogP contribution in [0.15, 0.2) is 12.2 Å². The third-order valence-corrected chi connectivity index (χ3v) is 4.10. The normalized spacial score (nSPS) is 48.6. The Kier molecular flexibility index (Phi) is 1.23. The molecule has 50 valence electrons. The first kappa shape index (κ1) is 5.96. The van der Waals surface area contributed by atoms with E-state index in [1.54, 1.807) is 0 Å². The van der Waals surface area contributed by atoms with Crippen molar-refractivity contribution in [2.45, 2.75) is 24.1 Å². The molecule has 0 aliphatic heterocycles. The summed E-state index contributed by atoms with van der Waals surface area (Å²) >= 11 is 3.66. The third-order valence-electron chi connectivity index (χ3n) is 2.77. The van der Waals surface area contributed by atoms with Crippen molar-refractivity contribution in [3.8, 4) is 0 Å². The van der Waals surface area contributed by atoms with Crippen LogP contribution >= 0.6 is 15.9 Å². The van der Waals surface area contributed by atoms with Crippen molar-refractivity contribution in [2.75, 3.05) is 0 Å². The summed E-state index contributed by atoms with van der Waals surface area (Å²) in [4.78, 5) is 0.663. The van der Waals surface area contributed by atoms with Gasteiger partial charge in [0.25, 0.3) is 0 Å². The number of allylic oxidation sites excluding steroid dienone is 1. The molecule has 0 amide bonds. The highest BCUT2D eigenvalue weighted by Gasteiger charge is 2.40. The molecule has 0 aromatic carbocycles. The van der Waals surface area contributed by atoms with Crippen LogP contribution in [0.1, 0.15) is 19.3 Å². The Morgan fingerprint density at radius 1 is 1.44 bits per heavy atom. The Morgan fingerprint density at radius 2 is 2.22 bits per heavy atom. The molecule has 0 saturated heterocycles. The predicted molar refractivity (Wildman–Crippen MR) is 42.7 cm³/mol. The van der Waals surface area contributed by atoms with Gasteiger partial charge < -0.3 is 0 Å². The number of fused-ring (bicyclic) bond motifs is 2. The number of rotatable bonds is 0. The summed E-state index contributed by atoms with van der Waals surface area (Å²) in [6.07, 6.45) is 4.25. The highest BCUT2D eigenvalue weighted by atomic mass is 79.9. The van der Waals surface area contributed by atoms with Gasteiger partial charge in [0.05, 0.1) is 0 Å². The number of alkyl halides is 1. The van der Waals surface area contributed by atoms with E-state index in [1.165, 1.54) is 24.8 Å². The van der Waals surface area contributed by atoms with E-state index in [4.69, 9.17) is 0 Å². The summed E-state index contributed by atoms with van der Waals surface area (Å²) in [5.74, 6) is 1.81. The number of halogens is 1. The van der Waals surface area contributed by atoms with Crippen molar-refractivity contribution in [1.29, 1.82) is 0 Å². The molecule has 0 spiro atoms. The first-order valence-electron chi connectivity index (χ1n) is 3.62. The van der Waals surface area contributed by atoms with Crippen molar-refractivity contribution in [1.82, 2.24) is 0 Å². The summed E-state index contributed by atoms with van der Waals surface area (Å²) in [5, 5.41) is 0. The van der Waals surface area contributed by atoms with Gasteiger partial charge >= 0.3 is 0 Å². The topological polar surface area (TPSA) is 0 Å². The van der Waals surface area contributed by atoms with Crippen LogP contribution in [0.25, 0.3) is 0 Å². The van der Waals surface area contributed by atoms with Crippen LogP contribution in [-0.4, -0.2) is 4.83 Å². The highest BCUT2D eigenvalue weighted by molar-refractivity contribution is 9.09. The van der Waals surface area contributed by atoms with Crippen LogP contribution in [-0.2, 0) is 0 Å². The number of hydrogen-bond donors (Lipinski definition) is 0. The molecule has 9 heavy (non-hydrogen) atoms. The van der Waals surface area contributed by atoms with E-state index in [1.807, 2.05) is 0 Å². The highest BCUT2D eigenvalue weighted by Crippen LogP contribution is 2.50. The van der Waals surface area contributed by atoms with Gasteiger partial charge in [-0.3, -0.25) is 0 Å². The fourth-order valence-electron chi connectivity index (χ4n) is 2.15. The Bertz CT molecular complexity index is 147. The maximum Gasteiger partial charge on any atom is 0.0383 e. The molecule has 1 heteroatoms. The Hall–Kier alpha value is 0.220. The quantitative estimate of drug-likeness (QED) is 0.404. The molecule has 3 atom stereocenters. The molecule has 0 N–H and O–H groups in total. The van der Waals surface area contributed by atoms with E-state index in [9.17, 15) is 0 Å². The lowest BCUT2D eigenvalue weighted by molar-refractivity contribution is 0.580. The maximum absolute atomic E-state index is 4.07. The average Bonchev–Trinajstić information content (AvgIpc) is 2.37. The minimum absolute atomic E-state index is 0.663. The molecular weight excluding hydrogens is 176 g/mol. The monoisotopic (exact) mass is 186 g/mol. The fraction of sp³-hybridized carbons (Fsp3) is 0.750. The SMILES string of the molecule is C=C1C2CCC(C2)C1Br. The van der Waals surface area contributed by atoms with Crippen LogP contribution < -0.4 is 0 Å². The maximum atomic E-state index is 4.07. The van der Waals surface area contributed by atoms with Gasteiger partial charge in [-0.25, -0.2) is 0 Å². The van der Waals surface area contributed by atoms with Crippen molar-refractivity contribution in [3.63, 3.8) is 0 Å². The van der Waals surface area contributed by atoms with Gasteiger partial charge in [-0.2, -0.15) is 0 Å². The van der Waals surface area contributed by atoms with Crippen molar-refractivity contribution >= 4 is 15.9 Å². The van der Waals surface area contributed by atoms with Crippen molar-refractivity contribution in [2.24, 2.45) is 11.8 Å². The predicted octanol–water partition coefficient (Wildman–Crippen LogP) is 2.74. The molecule has 2 aliphatic rings. The van der Waals surface area contributed by atoms with Gasteiger partial charge in [0, 0.05) is 4.83 Å². The lowest BCUT2D eigenvalue weighted by Gasteiger charge is -2.17.